The zero-order valence-corrected chi connectivity index (χ0v) is 16.7. The van der Waals surface area contributed by atoms with Crippen molar-refractivity contribution in [1.82, 2.24) is 0 Å². The summed E-state index contributed by atoms with van der Waals surface area (Å²) in [4.78, 5) is 0. The van der Waals surface area contributed by atoms with Crippen molar-refractivity contribution in [1.29, 1.82) is 5.41 Å². The number of nitrogens with two attached hydrogens (primary N) is 2. The SMILES string of the molecule is CCC/C=C/C(N)=C\C(=C(/C)c1ccc(F)c(C)c1)c1ccc(N)c(C=N)c1. The summed E-state index contributed by atoms with van der Waals surface area (Å²) in [7, 11) is 0. The van der Waals surface area contributed by atoms with Crippen molar-refractivity contribution in [2.75, 3.05) is 5.73 Å². The summed E-state index contributed by atoms with van der Waals surface area (Å²) in [5, 5.41) is 7.59. The Morgan fingerprint density at radius 3 is 2.50 bits per heavy atom. The van der Waals surface area contributed by atoms with E-state index in [4.69, 9.17) is 16.9 Å². The van der Waals surface area contributed by atoms with Crippen molar-refractivity contribution in [3.8, 4) is 0 Å². The molecule has 5 N–H and O–H groups in total. The molecule has 0 bridgehead atoms. The maximum Gasteiger partial charge on any atom is 0.126 e. The molecule has 2 rings (SSSR count). The first-order valence-electron chi connectivity index (χ1n) is 9.38. The minimum Gasteiger partial charge on any atom is -0.399 e. The van der Waals surface area contributed by atoms with Crippen LogP contribution in [0.3, 0.4) is 0 Å². The second kappa shape index (κ2) is 9.70. The Hall–Kier alpha value is -3.14. The van der Waals surface area contributed by atoms with Gasteiger partial charge in [0.1, 0.15) is 5.82 Å². The standard InChI is InChI=1S/C24H28FN3/c1-4-5-6-7-21(27)14-22(19-9-11-24(28)20(13-19)15-26)17(3)18-8-10-23(25)16(2)12-18/h6-15,26H,4-5,27-28H2,1-3H3/b7-6+,21-14+,22-17-,26-15?. The number of aryl methyl sites for hydroxylation is 1. The number of nitrogens with one attached hydrogen (secondary N) is 1. The number of allylic oxidation sites excluding steroid dienone is 5. The molecule has 28 heavy (non-hydrogen) atoms. The smallest absolute Gasteiger partial charge is 0.126 e. The zero-order valence-electron chi connectivity index (χ0n) is 16.7. The summed E-state index contributed by atoms with van der Waals surface area (Å²) in [6.07, 6.45) is 9.13. The largest absolute Gasteiger partial charge is 0.399 e. The van der Waals surface area contributed by atoms with Gasteiger partial charge in [-0.05, 0) is 84.5 Å². The van der Waals surface area contributed by atoms with E-state index in [0.717, 1.165) is 35.1 Å². The molecule has 4 heteroatoms. The fourth-order valence-corrected chi connectivity index (χ4v) is 2.91. The van der Waals surface area contributed by atoms with Crippen LogP contribution in [0.25, 0.3) is 11.1 Å². The molecule has 0 spiro atoms. The van der Waals surface area contributed by atoms with Crippen LogP contribution in [-0.4, -0.2) is 6.21 Å². The lowest BCUT2D eigenvalue weighted by Gasteiger charge is -2.13. The molecule has 0 aromatic heterocycles. The van der Waals surface area contributed by atoms with Gasteiger partial charge in [-0.15, -0.1) is 0 Å². The summed E-state index contributed by atoms with van der Waals surface area (Å²) in [6.45, 7) is 5.85. The van der Waals surface area contributed by atoms with Crippen LogP contribution < -0.4 is 11.5 Å². The van der Waals surface area contributed by atoms with Crippen molar-refractivity contribution < 1.29 is 4.39 Å². The Morgan fingerprint density at radius 1 is 1.14 bits per heavy atom. The van der Waals surface area contributed by atoms with Gasteiger partial charge < -0.3 is 16.9 Å². The number of hydrogen-bond donors (Lipinski definition) is 3. The van der Waals surface area contributed by atoms with E-state index in [2.05, 4.69) is 6.92 Å². The minimum atomic E-state index is -0.228. The summed E-state index contributed by atoms with van der Waals surface area (Å²) in [5.74, 6) is -0.228. The van der Waals surface area contributed by atoms with Gasteiger partial charge in [-0.3, -0.25) is 0 Å². The van der Waals surface area contributed by atoms with Gasteiger partial charge in [-0.25, -0.2) is 4.39 Å². The van der Waals surface area contributed by atoms with Crippen LogP contribution in [0.4, 0.5) is 10.1 Å². The Labute approximate surface area is 166 Å². The van der Waals surface area contributed by atoms with Gasteiger partial charge in [-0.2, -0.15) is 0 Å². The molecule has 0 aliphatic carbocycles. The Morgan fingerprint density at radius 2 is 1.86 bits per heavy atom. The molecule has 146 valence electrons. The fourth-order valence-electron chi connectivity index (χ4n) is 2.91. The van der Waals surface area contributed by atoms with Crippen LogP contribution >= 0.6 is 0 Å². The van der Waals surface area contributed by atoms with Crippen LogP contribution in [0, 0.1) is 18.2 Å². The molecular formula is C24H28FN3. The van der Waals surface area contributed by atoms with E-state index in [0.29, 0.717) is 22.5 Å². The lowest BCUT2D eigenvalue weighted by Crippen LogP contribution is -1.99. The third-order valence-corrected chi connectivity index (χ3v) is 4.62. The van der Waals surface area contributed by atoms with E-state index < -0.39 is 0 Å². The van der Waals surface area contributed by atoms with E-state index in [1.807, 2.05) is 43.4 Å². The van der Waals surface area contributed by atoms with Crippen LogP contribution in [0.2, 0.25) is 0 Å². The molecular weight excluding hydrogens is 349 g/mol. The molecule has 0 aliphatic heterocycles. The third kappa shape index (κ3) is 5.19. The van der Waals surface area contributed by atoms with Gasteiger partial charge in [-0.1, -0.05) is 31.6 Å². The molecule has 0 amide bonds. The van der Waals surface area contributed by atoms with Gasteiger partial charge in [0.05, 0.1) is 0 Å². The molecule has 0 radical (unpaired) electrons. The lowest BCUT2D eigenvalue weighted by molar-refractivity contribution is 0.618. The lowest BCUT2D eigenvalue weighted by atomic mass is 9.92. The van der Waals surface area contributed by atoms with E-state index in [1.165, 1.54) is 12.3 Å². The summed E-state index contributed by atoms with van der Waals surface area (Å²) >= 11 is 0. The molecule has 0 unspecified atom stereocenters. The highest BCUT2D eigenvalue weighted by molar-refractivity contribution is 5.97. The van der Waals surface area contributed by atoms with E-state index >= 15 is 0 Å². The Balaban J connectivity index is 2.65. The maximum atomic E-state index is 13.7. The normalized spacial score (nSPS) is 12.9. The maximum absolute atomic E-state index is 13.7. The number of unbranched alkanes of at least 4 members (excludes halogenated alkanes) is 1. The monoisotopic (exact) mass is 377 g/mol. The molecule has 0 heterocycles. The summed E-state index contributed by atoms with van der Waals surface area (Å²) in [5.41, 5.74) is 18.3. The van der Waals surface area contributed by atoms with Crippen molar-refractivity contribution in [2.24, 2.45) is 5.73 Å². The quantitative estimate of drug-likeness (QED) is 0.245. The topological polar surface area (TPSA) is 75.9 Å². The highest BCUT2D eigenvalue weighted by Gasteiger charge is 2.10. The first-order valence-corrected chi connectivity index (χ1v) is 9.38. The van der Waals surface area contributed by atoms with Gasteiger partial charge in [0, 0.05) is 23.2 Å². The molecule has 0 fully saturated rings. The second-order valence-corrected chi connectivity index (χ2v) is 6.83. The van der Waals surface area contributed by atoms with Crippen molar-refractivity contribution >= 4 is 23.0 Å². The van der Waals surface area contributed by atoms with E-state index in [9.17, 15) is 4.39 Å². The number of benzene rings is 2. The number of anilines is 1. The van der Waals surface area contributed by atoms with Crippen LogP contribution in [0.5, 0.6) is 0 Å². The molecule has 0 saturated carbocycles. The van der Waals surface area contributed by atoms with E-state index in [1.54, 1.807) is 19.1 Å². The highest BCUT2D eigenvalue weighted by atomic mass is 19.1. The average Bonchev–Trinajstić information content (AvgIpc) is 2.68. The van der Waals surface area contributed by atoms with Crippen LogP contribution in [0.15, 0.2) is 60.3 Å². The zero-order chi connectivity index (χ0) is 20.7. The Bertz CT molecular complexity index is 952. The predicted molar refractivity (Wildman–Crippen MR) is 119 cm³/mol. The summed E-state index contributed by atoms with van der Waals surface area (Å²) < 4.78 is 13.7. The number of halogens is 1. The van der Waals surface area contributed by atoms with Gasteiger partial charge >= 0.3 is 0 Å². The second-order valence-electron chi connectivity index (χ2n) is 6.83. The van der Waals surface area contributed by atoms with Crippen molar-refractivity contribution in [2.45, 2.75) is 33.6 Å². The third-order valence-electron chi connectivity index (χ3n) is 4.62. The number of hydrogen-bond acceptors (Lipinski definition) is 3. The number of rotatable bonds is 7. The molecule has 0 atom stereocenters. The molecule has 0 saturated heterocycles. The van der Waals surface area contributed by atoms with Gasteiger partial charge in [0.15, 0.2) is 0 Å². The highest BCUT2D eigenvalue weighted by Crippen LogP contribution is 2.30. The van der Waals surface area contributed by atoms with Crippen molar-refractivity contribution in [3.63, 3.8) is 0 Å². The predicted octanol–water partition coefficient (Wildman–Crippen LogP) is 5.84. The first-order chi connectivity index (χ1) is 13.4. The van der Waals surface area contributed by atoms with Crippen molar-refractivity contribution in [3.05, 3.63) is 88.4 Å². The van der Waals surface area contributed by atoms with E-state index in [-0.39, 0.29) is 5.82 Å². The fraction of sp³-hybridized carbons (Fsp3) is 0.208. The van der Waals surface area contributed by atoms with Gasteiger partial charge in [0.2, 0.25) is 0 Å². The van der Waals surface area contributed by atoms with Crippen LogP contribution in [-0.2, 0) is 0 Å². The average molecular weight is 378 g/mol. The Kier molecular flexibility index (Phi) is 7.33. The number of nitrogen functional groups attached to an aromatic ring is 1. The molecule has 2 aromatic rings. The van der Waals surface area contributed by atoms with Gasteiger partial charge in [0.25, 0.3) is 0 Å². The molecule has 3 nitrogen and oxygen atoms in total. The van der Waals surface area contributed by atoms with Crippen LogP contribution in [0.1, 0.15) is 48.9 Å². The minimum absolute atomic E-state index is 0.228. The first kappa shape index (κ1) is 21.2. The molecule has 2 aromatic carbocycles. The summed E-state index contributed by atoms with van der Waals surface area (Å²) in [6, 6.07) is 10.6. The molecule has 0 aliphatic rings.